The van der Waals surface area contributed by atoms with Gasteiger partial charge < -0.3 is 9.64 Å². The summed E-state index contributed by atoms with van der Waals surface area (Å²) in [7, 11) is 3.71. The van der Waals surface area contributed by atoms with E-state index in [1.165, 1.54) is 3.58 Å². The molecule has 0 atom stereocenters. The Balaban J connectivity index is 2.36. The van der Waals surface area contributed by atoms with Crippen LogP contribution in [0.3, 0.4) is 0 Å². The fraction of sp³-hybridized carbons (Fsp3) is 0.143. The molecule has 0 fully saturated rings. The standard InChI is InChI=1S/C14H14INO/c1-10-13(15)8-9-14(16(10)2)11-4-6-12(17-3)7-5-11/h4-9H,1H2,2-3H3. The summed E-state index contributed by atoms with van der Waals surface area (Å²) in [6, 6.07) is 8.05. The molecule has 17 heavy (non-hydrogen) atoms. The normalized spacial score (nSPS) is 15.5. The third-order valence-electron chi connectivity index (χ3n) is 2.82. The number of halogens is 1. The number of methoxy groups -OCH3 is 1. The summed E-state index contributed by atoms with van der Waals surface area (Å²) in [6.07, 6.45) is 4.20. The summed E-state index contributed by atoms with van der Waals surface area (Å²) >= 11 is 2.29. The van der Waals surface area contributed by atoms with Crippen molar-refractivity contribution >= 4 is 28.3 Å². The maximum absolute atomic E-state index is 5.16. The summed E-state index contributed by atoms with van der Waals surface area (Å²) < 4.78 is 6.33. The van der Waals surface area contributed by atoms with Crippen LogP contribution in [-0.4, -0.2) is 19.1 Å². The van der Waals surface area contributed by atoms with E-state index in [1.54, 1.807) is 7.11 Å². The Morgan fingerprint density at radius 3 is 2.41 bits per heavy atom. The van der Waals surface area contributed by atoms with Gasteiger partial charge in [0.05, 0.1) is 7.11 Å². The molecule has 0 N–H and O–H groups in total. The molecule has 0 saturated carbocycles. The Labute approximate surface area is 115 Å². The van der Waals surface area contributed by atoms with Crippen molar-refractivity contribution in [3.63, 3.8) is 0 Å². The number of hydrogen-bond acceptors (Lipinski definition) is 2. The number of likely N-dealkylation sites (N-methyl/N-ethyl adjacent to an activating group) is 1. The highest BCUT2D eigenvalue weighted by atomic mass is 127. The molecule has 1 aliphatic rings. The van der Waals surface area contributed by atoms with E-state index in [-0.39, 0.29) is 0 Å². The van der Waals surface area contributed by atoms with E-state index in [0.29, 0.717) is 0 Å². The minimum atomic E-state index is 0.872. The molecule has 3 heteroatoms. The van der Waals surface area contributed by atoms with Crippen molar-refractivity contribution in [2.75, 3.05) is 14.2 Å². The number of ether oxygens (including phenoxy) is 1. The van der Waals surface area contributed by atoms with Gasteiger partial charge in [-0.05, 0) is 64.6 Å². The molecule has 2 rings (SSSR count). The van der Waals surface area contributed by atoms with Crippen LogP contribution in [0.5, 0.6) is 5.75 Å². The largest absolute Gasteiger partial charge is 0.497 e. The van der Waals surface area contributed by atoms with Gasteiger partial charge in [0, 0.05) is 22.0 Å². The average Bonchev–Trinajstić information content (AvgIpc) is 2.36. The molecule has 0 amide bonds. The number of allylic oxidation sites excluding steroid dienone is 3. The highest BCUT2D eigenvalue weighted by molar-refractivity contribution is 14.1. The number of benzene rings is 1. The quantitative estimate of drug-likeness (QED) is 0.760. The van der Waals surface area contributed by atoms with Crippen molar-refractivity contribution < 1.29 is 4.74 Å². The van der Waals surface area contributed by atoms with Gasteiger partial charge in [0.2, 0.25) is 0 Å². The highest BCUT2D eigenvalue weighted by Gasteiger charge is 2.15. The second-order valence-electron chi connectivity index (χ2n) is 3.80. The first kappa shape index (κ1) is 12.2. The van der Waals surface area contributed by atoms with Gasteiger partial charge in [-0.1, -0.05) is 6.58 Å². The van der Waals surface area contributed by atoms with Crippen molar-refractivity contribution in [3.05, 3.63) is 57.8 Å². The van der Waals surface area contributed by atoms with Crippen LogP contribution in [0.1, 0.15) is 5.56 Å². The van der Waals surface area contributed by atoms with Gasteiger partial charge in [-0.25, -0.2) is 0 Å². The third kappa shape index (κ3) is 2.39. The molecule has 1 aromatic rings. The van der Waals surface area contributed by atoms with E-state index in [4.69, 9.17) is 4.74 Å². The fourth-order valence-electron chi connectivity index (χ4n) is 1.72. The third-order valence-corrected chi connectivity index (χ3v) is 3.80. The lowest BCUT2D eigenvalue weighted by Crippen LogP contribution is -2.17. The molecule has 0 aliphatic carbocycles. The number of nitrogens with zero attached hydrogens (tertiary/aromatic N) is 1. The zero-order chi connectivity index (χ0) is 12.4. The number of hydrogen-bond donors (Lipinski definition) is 0. The predicted octanol–water partition coefficient (Wildman–Crippen LogP) is 3.81. The molecule has 0 aromatic heterocycles. The van der Waals surface area contributed by atoms with Gasteiger partial charge in [-0.3, -0.25) is 0 Å². The molecular weight excluding hydrogens is 325 g/mol. The van der Waals surface area contributed by atoms with Crippen LogP contribution in [0.4, 0.5) is 0 Å². The second kappa shape index (κ2) is 4.96. The van der Waals surface area contributed by atoms with Crippen molar-refractivity contribution in [2.45, 2.75) is 0 Å². The monoisotopic (exact) mass is 339 g/mol. The van der Waals surface area contributed by atoms with Crippen LogP contribution < -0.4 is 4.74 Å². The van der Waals surface area contributed by atoms with E-state index in [1.807, 2.05) is 19.2 Å². The molecule has 1 aromatic carbocycles. The zero-order valence-corrected chi connectivity index (χ0v) is 12.1. The van der Waals surface area contributed by atoms with E-state index >= 15 is 0 Å². The lowest BCUT2D eigenvalue weighted by molar-refractivity contribution is 0.414. The van der Waals surface area contributed by atoms with Crippen LogP contribution in [0, 0.1) is 0 Å². The summed E-state index contributed by atoms with van der Waals surface area (Å²) in [5.41, 5.74) is 3.34. The van der Waals surface area contributed by atoms with Crippen LogP contribution >= 0.6 is 22.6 Å². The lowest BCUT2D eigenvalue weighted by atomic mass is 10.1. The van der Waals surface area contributed by atoms with Gasteiger partial charge in [0.15, 0.2) is 0 Å². The van der Waals surface area contributed by atoms with E-state index in [9.17, 15) is 0 Å². The molecule has 1 heterocycles. The first-order valence-electron chi connectivity index (χ1n) is 5.28. The lowest BCUT2D eigenvalue weighted by Gasteiger charge is -2.27. The SMILES string of the molecule is C=C1C(I)=CC=C(c2ccc(OC)cc2)N1C. The second-order valence-corrected chi connectivity index (χ2v) is 4.96. The molecule has 0 spiro atoms. The summed E-state index contributed by atoms with van der Waals surface area (Å²) in [5, 5.41) is 0. The molecular formula is C14H14INO. The molecule has 1 aliphatic heterocycles. The number of rotatable bonds is 2. The van der Waals surface area contributed by atoms with Gasteiger partial charge in [-0.15, -0.1) is 0 Å². The summed E-state index contributed by atoms with van der Waals surface area (Å²) in [6.45, 7) is 4.07. The van der Waals surface area contributed by atoms with E-state index < -0.39 is 0 Å². The van der Waals surface area contributed by atoms with E-state index in [2.05, 4.69) is 58.4 Å². The van der Waals surface area contributed by atoms with Crippen molar-refractivity contribution in [1.29, 1.82) is 0 Å². The van der Waals surface area contributed by atoms with Crippen molar-refractivity contribution in [1.82, 2.24) is 4.90 Å². The van der Waals surface area contributed by atoms with Gasteiger partial charge >= 0.3 is 0 Å². The Hall–Kier alpha value is -1.23. The first-order chi connectivity index (χ1) is 8.13. The Morgan fingerprint density at radius 1 is 1.18 bits per heavy atom. The predicted molar refractivity (Wildman–Crippen MR) is 80.0 cm³/mol. The Bertz CT molecular complexity index is 499. The summed E-state index contributed by atoms with van der Waals surface area (Å²) in [4.78, 5) is 2.10. The van der Waals surface area contributed by atoms with Crippen molar-refractivity contribution in [2.24, 2.45) is 0 Å². The molecule has 0 bridgehead atoms. The minimum Gasteiger partial charge on any atom is -0.497 e. The molecule has 2 nitrogen and oxygen atoms in total. The topological polar surface area (TPSA) is 12.5 Å². The Morgan fingerprint density at radius 2 is 1.82 bits per heavy atom. The van der Waals surface area contributed by atoms with Gasteiger partial charge in [-0.2, -0.15) is 0 Å². The van der Waals surface area contributed by atoms with E-state index in [0.717, 1.165) is 22.7 Å². The van der Waals surface area contributed by atoms with Crippen LogP contribution in [0.2, 0.25) is 0 Å². The van der Waals surface area contributed by atoms with Crippen molar-refractivity contribution in [3.8, 4) is 5.75 Å². The average molecular weight is 339 g/mol. The summed E-state index contributed by atoms with van der Waals surface area (Å²) in [5.74, 6) is 0.872. The van der Waals surface area contributed by atoms with Gasteiger partial charge in [0.25, 0.3) is 0 Å². The van der Waals surface area contributed by atoms with Crippen LogP contribution in [-0.2, 0) is 0 Å². The molecule has 88 valence electrons. The maximum atomic E-state index is 5.16. The smallest absolute Gasteiger partial charge is 0.118 e. The fourth-order valence-corrected chi connectivity index (χ4v) is 2.26. The first-order valence-corrected chi connectivity index (χ1v) is 6.36. The van der Waals surface area contributed by atoms with Crippen LogP contribution in [0.25, 0.3) is 5.70 Å². The molecule has 0 radical (unpaired) electrons. The molecule has 0 unspecified atom stereocenters. The maximum Gasteiger partial charge on any atom is 0.118 e. The minimum absolute atomic E-state index is 0.872. The Kier molecular flexibility index (Phi) is 3.57. The van der Waals surface area contributed by atoms with Crippen LogP contribution in [0.15, 0.2) is 52.3 Å². The zero-order valence-electron chi connectivity index (χ0n) is 9.90. The molecule has 0 saturated heterocycles. The van der Waals surface area contributed by atoms with Gasteiger partial charge in [0.1, 0.15) is 5.75 Å². The highest BCUT2D eigenvalue weighted by Crippen LogP contribution is 2.32.